The second kappa shape index (κ2) is 16.0. The molecule has 0 bridgehead atoms. The summed E-state index contributed by atoms with van der Waals surface area (Å²) in [6.45, 7) is 25.1. The molecule has 1 aromatic rings. The predicted molar refractivity (Wildman–Crippen MR) is 179 cm³/mol. The van der Waals surface area contributed by atoms with Crippen molar-refractivity contribution in [3.05, 3.63) is 11.8 Å². The number of carbonyl (C=O) groups is 4. The quantitative estimate of drug-likeness (QED) is 0.180. The number of rotatable bonds is 13. The second-order valence-corrected chi connectivity index (χ2v) is 16.5. The van der Waals surface area contributed by atoms with E-state index < -0.39 is 64.2 Å². The predicted octanol–water partition coefficient (Wildman–Crippen LogP) is 5.22. The number of hydrogen-bond donors (Lipinski definition) is 3. The maximum atomic E-state index is 13.6. The van der Waals surface area contributed by atoms with Crippen LogP contribution in [0.1, 0.15) is 134 Å². The van der Waals surface area contributed by atoms with Crippen LogP contribution in [0, 0.1) is 5.92 Å². The van der Waals surface area contributed by atoms with Crippen molar-refractivity contribution < 1.29 is 47.3 Å². The molecule has 1 saturated carbocycles. The Morgan fingerprint density at radius 2 is 1.45 bits per heavy atom. The lowest BCUT2D eigenvalue weighted by Crippen LogP contribution is -2.60. The fourth-order valence-electron chi connectivity index (χ4n) is 5.14. The molecule has 1 heterocycles. The first-order chi connectivity index (χ1) is 22.2. The van der Waals surface area contributed by atoms with Gasteiger partial charge in [-0.15, -0.1) is 10.2 Å². The van der Waals surface area contributed by atoms with Crippen LogP contribution in [0.2, 0.25) is 0 Å². The van der Waals surface area contributed by atoms with Crippen molar-refractivity contribution in [3.8, 4) is 0 Å². The number of ether oxygens (including phenoxy) is 5. The van der Waals surface area contributed by atoms with Gasteiger partial charge in [0.05, 0.1) is 30.5 Å². The van der Waals surface area contributed by atoms with E-state index in [2.05, 4.69) is 26.1 Å². The summed E-state index contributed by atoms with van der Waals surface area (Å²) in [6, 6.07) is -2.76. The number of alkyl carbamates (subject to hydrolysis) is 1. The molecule has 0 saturated heterocycles. The van der Waals surface area contributed by atoms with Crippen LogP contribution >= 0.6 is 0 Å². The molecule has 2 rings (SSSR count). The number of urea groups is 1. The third-order valence-corrected chi connectivity index (χ3v) is 6.86. The number of hydrogen-bond acceptors (Lipinski definition) is 12. The summed E-state index contributed by atoms with van der Waals surface area (Å²) in [4.78, 5) is 51.8. The average molecular weight is 698 g/mol. The molecule has 0 aliphatic heterocycles. The summed E-state index contributed by atoms with van der Waals surface area (Å²) in [6.07, 6.45) is -0.705. The minimum absolute atomic E-state index is 0.0262. The van der Waals surface area contributed by atoms with E-state index in [1.165, 1.54) is 0 Å². The van der Waals surface area contributed by atoms with Crippen LogP contribution in [-0.2, 0) is 38.8 Å². The van der Waals surface area contributed by atoms with Crippen molar-refractivity contribution in [2.45, 2.75) is 162 Å². The maximum Gasteiger partial charge on any atom is 0.408 e. The van der Waals surface area contributed by atoms with Gasteiger partial charge in [-0.25, -0.2) is 14.4 Å². The molecule has 1 aliphatic rings. The molecule has 15 heteroatoms. The van der Waals surface area contributed by atoms with Gasteiger partial charge in [0, 0.05) is 6.42 Å². The van der Waals surface area contributed by atoms with E-state index in [4.69, 9.17) is 28.1 Å². The molecule has 0 spiro atoms. The van der Waals surface area contributed by atoms with Gasteiger partial charge in [0.15, 0.2) is 6.04 Å². The number of nitrogens with one attached hydrogen (secondary N) is 3. The number of amides is 3. The Morgan fingerprint density at radius 3 is 1.96 bits per heavy atom. The Balaban J connectivity index is 2.43. The Labute approximate surface area is 290 Å². The van der Waals surface area contributed by atoms with E-state index in [1.807, 2.05) is 41.5 Å². The van der Waals surface area contributed by atoms with Gasteiger partial charge >= 0.3 is 24.1 Å². The Hall–Kier alpha value is -3.46. The van der Waals surface area contributed by atoms with Crippen LogP contribution in [0.5, 0.6) is 0 Å². The van der Waals surface area contributed by atoms with E-state index in [0.717, 1.165) is 0 Å². The van der Waals surface area contributed by atoms with Crippen molar-refractivity contribution in [2.75, 3.05) is 13.2 Å². The second-order valence-electron chi connectivity index (χ2n) is 16.5. The topological polar surface area (TPSA) is 189 Å². The average Bonchev–Trinajstić information content (AvgIpc) is 3.35. The van der Waals surface area contributed by atoms with Crippen molar-refractivity contribution in [1.29, 1.82) is 0 Å². The van der Waals surface area contributed by atoms with Crippen LogP contribution in [0.15, 0.2) is 4.42 Å². The fourth-order valence-corrected chi connectivity index (χ4v) is 5.14. The molecule has 3 N–H and O–H groups in total. The van der Waals surface area contributed by atoms with Crippen LogP contribution in [0.25, 0.3) is 0 Å². The molecule has 1 aliphatic carbocycles. The summed E-state index contributed by atoms with van der Waals surface area (Å²) in [5.74, 6) is -1.12. The van der Waals surface area contributed by atoms with E-state index in [9.17, 15) is 19.2 Å². The van der Waals surface area contributed by atoms with E-state index in [-0.39, 0.29) is 56.1 Å². The largest absolute Gasteiger partial charge is 0.466 e. The Bertz CT molecular complexity index is 1280. The van der Waals surface area contributed by atoms with E-state index in [0.29, 0.717) is 0 Å². The lowest BCUT2D eigenvalue weighted by atomic mass is 9.66. The highest BCUT2D eigenvalue weighted by Gasteiger charge is 2.52. The van der Waals surface area contributed by atoms with E-state index >= 15 is 0 Å². The van der Waals surface area contributed by atoms with Gasteiger partial charge in [0.25, 0.3) is 0 Å². The lowest BCUT2D eigenvalue weighted by Gasteiger charge is -2.45. The van der Waals surface area contributed by atoms with Gasteiger partial charge in [-0.1, -0.05) is 0 Å². The van der Waals surface area contributed by atoms with Gasteiger partial charge in [-0.3, -0.25) is 4.79 Å². The van der Waals surface area contributed by atoms with Crippen LogP contribution < -0.4 is 16.0 Å². The third kappa shape index (κ3) is 14.5. The van der Waals surface area contributed by atoms with Crippen LogP contribution in [0.4, 0.5) is 9.59 Å². The standard InChI is InChI=1S/C34H59N5O10/c1-15-44-23(40)16-21-17-34(18-21,37-28(42)35-22(19-45-30(3,4)5)26(41)48-32(9,10)11)27-39-38-25(46-27)24(20(2)47-31(6,7)8)36-29(43)49-33(12,13)14/h20-22,24H,15-19H2,1-14H3,(H,36,43)(H2,35,37,42)/t20-,21?,22-,24-,34?/m0/s1. The third-order valence-electron chi connectivity index (χ3n) is 6.86. The first kappa shape index (κ1) is 41.7. The molecule has 3 amide bonds. The molecule has 15 nitrogen and oxygen atoms in total. The summed E-state index contributed by atoms with van der Waals surface area (Å²) < 4.78 is 34.3. The zero-order valence-corrected chi connectivity index (χ0v) is 31.8. The molecule has 1 aromatic heterocycles. The molecule has 3 atom stereocenters. The zero-order chi connectivity index (χ0) is 37.6. The van der Waals surface area contributed by atoms with Crippen molar-refractivity contribution in [1.82, 2.24) is 26.1 Å². The number of carbonyl (C=O) groups excluding carboxylic acids is 4. The highest BCUT2D eigenvalue weighted by molar-refractivity contribution is 5.84. The van der Waals surface area contributed by atoms with E-state index in [1.54, 1.807) is 55.4 Å². The highest BCUT2D eigenvalue weighted by atomic mass is 16.6. The SMILES string of the molecule is CCOC(=O)CC1CC(NC(=O)N[C@@H](COC(C)(C)C)C(=O)OC(C)(C)C)(c2nnc([C@@H](NC(=O)OC(C)(C)C)[C@H](C)OC(C)(C)C)o2)C1. The molecule has 0 aromatic carbocycles. The zero-order valence-electron chi connectivity index (χ0n) is 31.8. The number of aromatic nitrogens is 2. The fraction of sp³-hybridized carbons (Fsp3) is 0.824. The van der Waals surface area contributed by atoms with Crippen LogP contribution in [-0.4, -0.2) is 82.0 Å². The van der Waals surface area contributed by atoms with Gasteiger partial charge in [-0.05, 0) is 116 Å². The van der Waals surface area contributed by atoms with Crippen molar-refractivity contribution >= 4 is 24.1 Å². The smallest absolute Gasteiger partial charge is 0.408 e. The van der Waals surface area contributed by atoms with Gasteiger partial charge in [0.1, 0.15) is 22.8 Å². The number of esters is 2. The van der Waals surface area contributed by atoms with Crippen molar-refractivity contribution in [2.24, 2.45) is 5.92 Å². The molecule has 49 heavy (non-hydrogen) atoms. The minimum Gasteiger partial charge on any atom is -0.466 e. The molecular formula is C34H59N5O10. The van der Waals surface area contributed by atoms with Gasteiger partial charge < -0.3 is 44.1 Å². The molecule has 1 fully saturated rings. The molecule has 0 radical (unpaired) electrons. The highest BCUT2D eigenvalue weighted by Crippen LogP contribution is 2.47. The van der Waals surface area contributed by atoms with Crippen molar-refractivity contribution in [3.63, 3.8) is 0 Å². The summed E-state index contributed by atoms with van der Waals surface area (Å²) >= 11 is 0. The minimum atomic E-state index is -1.21. The molecule has 0 unspecified atom stereocenters. The molecular weight excluding hydrogens is 638 g/mol. The first-order valence-electron chi connectivity index (χ1n) is 16.8. The van der Waals surface area contributed by atoms with Crippen LogP contribution in [0.3, 0.4) is 0 Å². The Morgan fingerprint density at radius 1 is 0.857 bits per heavy atom. The monoisotopic (exact) mass is 697 g/mol. The lowest BCUT2D eigenvalue weighted by molar-refractivity contribution is -0.160. The number of nitrogens with zero attached hydrogens (tertiary/aromatic N) is 2. The normalized spacial score (nSPS) is 20.2. The summed E-state index contributed by atoms with van der Waals surface area (Å²) in [5, 5.41) is 16.9. The summed E-state index contributed by atoms with van der Waals surface area (Å²) in [7, 11) is 0. The molecule has 280 valence electrons. The Kier molecular flexibility index (Phi) is 13.7. The van der Waals surface area contributed by atoms with Gasteiger partial charge in [0.2, 0.25) is 11.8 Å². The summed E-state index contributed by atoms with van der Waals surface area (Å²) in [5.41, 5.74) is -3.94. The maximum absolute atomic E-state index is 13.6. The van der Waals surface area contributed by atoms with Gasteiger partial charge in [-0.2, -0.15) is 0 Å². The first-order valence-corrected chi connectivity index (χ1v) is 16.8.